The van der Waals surface area contributed by atoms with Crippen molar-refractivity contribution in [2.24, 2.45) is 0 Å². The van der Waals surface area contributed by atoms with Crippen molar-refractivity contribution in [2.45, 2.75) is 12.1 Å². The van der Waals surface area contributed by atoms with E-state index in [0.717, 1.165) is 32.9 Å². The van der Waals surface area contributed by atoms with Crippen LogP contribution in [0.3, 0.4) is 0 Å². The molecule has 0 saturated carbocycles. The number of aliphatic hydroxyl groups excluding tert-OH is 1. The quantitative estimate of drug-likeness (QED) is 0.586. The van der Waals surface area contributed by atoms with Crippen LogP contribution < -0.4 is 0 Å². The maximum atomic E-state index is 8.90. The zero-order valence-electron chi connectivity index (χ0n) is 7.11. The molecule has 0 bridgehead atoms. The summed E-state index contributed by atoms with van der Waals surface area (Å²) in [6, 6.07) is 0.572. The van der Waals surface area contributed by atoms with Crippen LogP contribution in [0.5, 0.6) is 0 Å². The van der Waals surface area contributed by atoms with Gasteiger partial charge in [-0.1, -0.05) is 0 Å². The van der Waals surface area contributed by atoms with Gasteiger partial charge < -0.3 is 14.6 Å². The van der Waals surface area contributed by atoms with Crippen molar-refractivity contribution in [3.63, 3.8) is 0 Å². The fourth-order valence-corrected chi connectivity index (χ4v) is 1.62. The SMILES string of the molecule is OCC1CN(C2COC2)CCO1. The van der Waals surface area contributed by atoms with Crippen molar-refractivity contribution in [1.29, 1.82) is 0 Å². The van der Waals surface area contributed by atoms with E-state index in [2.05, 4.69) is 4.90 Å². The number of hydrogen-bond acceptors (Lipinski definition) is 4. The highest BCUT2D eigenvalue weighted by Crippen LogP contribution is 2.14. The molecule has 2 rings (SSSR count). The lowest BCUT2D eigenvalue weighted by atomic mass is 10.1. The molecular weight excluding hydrogens is 158 g/mol. The van der Waals surface area contributed by atoms with Crippen molar-refractivity contribution < 1.29 is 14.6 Å². The molecule has 2 fully saturated rings. The fraction of sp³-hybridized carbons (Fsp3) is 1.00. The Morgan fingerprint density at radius 2 is 2.25 bits per heavy atom. The maximum Gasteiger partial charge on any atom is 0.0933 e. The smallest absolute Gasteiger partial charge is 0.0933 e. The molecule has 1 N–H and O–H groups in total. The standard InChI is InChI=1S/C8H15NO3/c10-4-8-3-9(1-2-12-8)7-5-11-6-7/h7-8,10H,1-6H2. The topological polar surface area (TPSA) is 41.9 Å². The van der Waals surface area contributed by atoms with Gasteiger partial charge in [0.15, 0.2) is 0 Å². The van der Waals surface area contributed by atoms with Crippen molar-refractivity contribution in [3.05, 3.63) is 0 Å². The summed E-state index contributed by atoms with van der Waals surface area (Å²) in [4.78, 5) is 2.34. The first kappa shape index (κ1) is 8.44. The van der Waals surface area contributed by atoms with Crippen LogP contribution in [0.2, 0.25) is 0 Å². The summed E-state index contributed by atoms with van der Waals surface area (Å²) in [6.07, 6.45) is 0.0133. The molecule has 0 aromatic heterocycles. The number of ether oxygens (including phenoxy) is 2. The predicted molar refractivity (Wildman–Crippen MR) is 43.0 cm³/mol. The molecule has 4 heteroatoms. The molecule has 0 amide bonds. The van der Waals surface area contributed by atoms with E-state index < -0.39 is 0 Å². The van der Waals surface area contributed by atoms with Crippen LogP contribution in [0.1, 0.15) is 0 Å². The Morgan fingerprint density at radius 3 is 2.83 bits per heavy atom. The minimum atomic E-state index is 0.0133. The van der Waals surface area contributed by atoms with Crippen LogP contribution >= 0.6 is 0 Å². The Morgan fingerprint density at radius 1 is 1.42 bits per heavy atom. The lowest BCUT2D eigenvalue weighted by Crippen LogP contribution is -2.55. The molecule has 1 unspecified atom stereocenters. The summed E-state index contributed by atoms with van der Waals surface area (Å²) in [5.41, 5.74) is 0. The minimum absolute atomic E-state index is 0.0133. The molecule has 1 atom stereocenters. The molecule has 2 saturated heterocycles. The average Bonchev–Trinajstić information content (AvgIpc) is 2.02. The number of rotatable bonds is 2. The second-order valence-corrected chi connectivity index (χ2v) is 3.36. The third kappa shape index (κ3) is 1.61. The molecule has 4 nitrogen and oxygen atoms in total. The number of nitrogens with zero attached hydrogens (tertiary/aromatic N) is 1. The molecule has 0 aliphatic carbocycles. The van der Waals surface area contributed by atoms with Gasteiger partial charge in [0, 0.05) is 13.1 Å². The Bertz CT molecular complexity index is 149. The van der Waals surface area contributed by atoms with Gasteiger partial charge in [-0.3, -0.25) is 4.90 Å². The third-order valence-corrected chi connectivity index (χ3v) is 2.51. The van der Waals surface area contributed by atoms with Gasteiger partial charge in [-0.05, 0) is 0 Å². The van der Waals surface area contributed by atoms with Gasteiger partial charge in [0.05, 0.1) is 38.6 Å². The monoisotopic (exact) mass is 173 g/mol. The molecule has 2 aliphatic rings. The predicted octanol–water partition coefficient (Wildman–Crippen LogP) is -0.922. The molecule has 0 radical (unpaired) electrons. The van der Waals surface area contributed by atoms with E-state index in [1.54, 1.807) is 0 Å². The van der Waals surface area contributed by atoms with Gasteiger partial charge in [0.1, 0.15) is 0 Å². The lowest BCUT2D eigenvalue weighted by molar-refractivity contribution is -0.121. The minimum Gasteiger partial charge on any atom is -0.394 e. The van der Waals surface area contributed by atoms with E-state index in [1.807, 2.05) is 0 Å². The van der Waals surface area contributed by atoms with Crippen molar-refractivity contribution in [3.8, 4) is 0 Å². The average molecular weight is 173 g/mol. The maximum absolute atomic E-state index is 8.90. The van der Waals surface area contributed by atoms with E-state index in [4.69, 9.17) is 14.6 Å². The zero-order valence-corrected chi connectivity index (χ0v) is 7.11. The molecule has 0 aromatic rings. The number of morpholine rings is 1. The van der Waals surface area contributed by atoms with Crippen LogP contribution in [-0.2, 0) is 9.47 Å². The lowest BCUT2D eigenvalue weighted by Gasteiger charge is -2.41. The van der Waals surface area contributed by atoms with E-state index in [0.29, 0.717) is 6.04 Å². The molecule has 12 heavy (non-hydrogen) atoms. The largest absolute Gasteiger partial charge is 0.394 e. The van der Waals surface area contributed by atoms with E-state index in [1.165, 1.54) is 0 Å². The van der Waals surface area contributed by atoms with E-state index in [-0.39, 0.29) is 12.7 Å². The van der Waals surface area contributed by atoms with Crippen LogP contribution in [0.25, 0.3) is 0 Å². The Labute approximate surface area is 72.1 Å². The first-order valence-electron chi connectivity index (χ1n) is 4.44. The second kappa shape index (κ2) is 3.70. The van der Waals surface area contributed by atoms with E-state index >= 15 is 0 Å². The molecule has 2 heterocycles. The highest BCUT2D eigenvalue weighted by Gasteiger charge is 2.30. The van der Waals surface area contributed by atoms with Gasteiger partial charge in [-0.25, -0.2) is 0 Å². The first-order valence-corrected chi connectivity index (χ1v) is 4.44. The Kier molecular flexibility index (Phi) is 2.60. The summed E-state index contributed by atoms with van der Waals surface area (Å²) < 4.78 is 10.5. The van der Waals surface area contributed by atoms with Gasteiger partial charge in [0.2, 0.25) is 0 Å². The number of aliphatic hydroxyl groups is 1. The first-order chi connectivity index (χ1) is 5.90. The van der Waals surface area contributed by atoms with Crippen LogP contribution in [0, 0.1) is 0 Å². The van der Waals surface area contributed by atoms with Crippen LogP contribution in [0.15, 0.2) is 0 Å². The molecular formula is C8H15NO3. The molecule has 0 aromatic carbocycles. The van der Waals surface area contributed by atoms with E-state index in [9.17, 15) is 0 Å². The van der Waals surface area contributed by atoms with Crippen LogP contribution in [0.4, 0.5) is 0 Å². The zero-order chi connectivity index (χ0) is 8.39. The van der Waals surface area contributed by atoms with Crippen molar-refractivity contribution in [2.75, 3.05) is 39.5 Å². The van der Waals surface area contributed by atoms with Gasteiger partial charge in [-0.2, -0.15) is 0 Å². The van der Waals surface area contributed by atoms with Crippen LogP contribution in [-0.4, -0.2) is 61.7 Å². The van der Waals surface area contributed by atoms with Crippen molar-refractivity contribution >= 4 is 0 Å². The summed E-state index contributed by atoms with van der Waals surface area (Å²) in [6.45, 7) is 4.39. The molecule has 0 spiro atoms. The van der Waals surface area contributed by atoms with Gasteiger partial charge in [0.25, 0.3) is 0 Å². The molecule has 2 aliphatic heterocycles. The second-order valence-electron chi connectivity index (χ2n) is 3.36. The van der Waals surface area contributed by atoms with Gasteiger partial charge >= 0.3 is 0 Å². The van der Waals surface area contributed by atoms with Gasteiger partial charge in [-0.15, -0.1) is 0 Å². The Hall–Kier alpha value is -0.160. The van der Waals surface area contributed by atoms with Crippen molar-refractivity contribution in [1.82, 2.24) is 4.90 Å². The Balaban J connectivity index is 1.81. The number of hydrogen-bond donors (Lipinski definition) is 1. The fourth-order valence-electron chi connectivity index (χ4n) is 1.62. The third-order valence-electron chi connectivity index (χ3n) is 2.51. The summed E-state index contributed by atoms with van der Waals surface area (Å²) in [5.74, 6) is 0. The summed E-state index contributed by atoms with van der Waals surface area (Å²) in [7, 11) is 0. The normalized spacial score (nSPS) is 33.2. The highest BCUT2D eigenvalue weighted by molar-refractivity contribution is 4.81. The molecule has 70 valence electrons. The summed E-state index contributed by atoms with van der Waals surface area (Å²) >= 11 is 0. The highest BCUT2D eigenvalue weighted by atomic mass is 16.5. The summed E-state index contributed by atoms with van der Waals surface area (Å²) in [5, 5.41) is 8.90.